The van der Waals surface area contributed by atoms with Gasteiger partial charge in [0.2, 0.25) is 5.91 Å². The van der Waals surface area contributed by atoms with Crippen LogP contribution in [0.2, 0.25) is 0 Å². The molecule has 1 aromatic carbocycles. The lowest BCUT2D eigenvalue weighted by atomic mass is 9.90. The third-order valence-corrected chi connectivity index (χ3v) is 7.36. The quantitative estimate of drug-likeness (QED) is 0.456. The number of esters is 1. The molecule has 0 spiro atoms. The van der Waals surface area contributed by atoms with E-state index in [2.05, 4.69) is 41.6 Å². The molecule has 7 nitrogen and oxygen atoms in total. The van der Waals surface area contributed by atoms with E-state index in [1.54, 1.807) is 6.08 Å². The van der Waals surface area contributed by atoms with Crippen molar-refractivity contribution in [3.63, 3.8) is 0 Å². The topological polar surface area (TPSA) is 65.5 Å². The Morgan fingerprint density at radius 2 is 1.94 bits per heavy atom. The van der Waals surface area contributed by atoms with Crippen LogP contribution in [0.25, 0.3) is 0 Å². The summed E-state index contributed by atoms with van der Waals surface area (Å²) in [5.41, 5.74) is 5.18. The largest absolute Gasteiger partial charge is 0.458 e. The van der Waals surface area contributed by atoms with E-state index < -0.39 is 12.0 Å². The highest BCUT2D eigenvalue weighted by molar-refractivity contribution is 8.16. The van der Waals surface area contributed by atoms with E-state index in [-0.39, 0.29) is 18.9 Å². The Morgan fingerprint density at radius 1 is 1.21 bits per heavy atom. The number of thioether (sulfide) groups is 1. The number of amidine groups is 1. The fraction of sp³-hybridized carbons (Fsp3) is 0.423. The zero-order valence-electron chi connectivity index (χ0n) is 20.3. The SMILES string of the molecule is C=CCOC(=O)C1=C(C)N=C2SC=C(CC(=O)N3CCN(C)CC3)N2C1c1cc(C)ccc1C. The highest BCUT2D eigenvalue weighted by Crippen LogP contribution is 2.45. The normalized spacial score (nSPS) is 20.6. The minimum absolute atomic E-state index is 0.1000. The van der Waals surface area contributed by atoms with Crippen LogP contribution in [0.5, 0.6) is 0 Å². The number of hydrogen-bond donors (Lipinski definition) is 0. The second kappa shape index (κ2) is 10.2. The fourth-order valence-electron chi connectivity index (χ4n) is 4.51. The van der Waals surface area contributed by atoms with Crippen LogP contribution in [0.1, 0.15) is 36.1 Å². The van der Waals surface area contributed by atoms with Crippen molar-refractivity contribution >= 4 is 28.8 Å². The molecule has 1 atom stereocenters. The van der Waals surface area contributed by atoms with Crippen LogP contribution in [-0.4, -0.2) is 71.6 Å². The van der Waals surface area contributed by atoms with Gasteiger partial charge in [-0.2, -0.15) is 0 Å². The second-order valence-electron chi connectivity index (χ2n) is 9.00. The molecule has 1 amide bonds. The number of aliphatic imine (C=N–C) groups is 1. The highest BCUT2D eigenvalue weighted by atomic mass is 32.2. The van der Waals surface area contributed by atoms with E-state index in [4.69, 9.17) is 9.73 Å². The van der Waals surface area contributed by atoms with Gasteiger partial charge in [0.15, 0.2) is 5.17 Å². The molecule has 3 aliphatic rings. The molecule has 8 heteroatoms. The standard InChI is InChI=1S/C26H32N4O3S/c1-6-13-33-25(32)23-19(4)27-26-30(24(23)21-14-17(2)7-8-18(21)3)20(16-34-26)15-22(31)29-11-9-28(5)10-12-29/h6-8,14,16,24H,1,9-13,15H2,2-5H3. The van der Waals surface area contributed by atoms with Gasteiger partial charge in [0.05, 0.1) is 23.7 Å². The maximum Gasteiger partial charge on any atom is 0.338 e. The predicted molar refractivity (Wildman–Crippen MR) is 136 cm³/mol. The first kappa shape index (κ1) is 24.3. The van der Waals surface area contributed by atoms with Crippen LogP contribution in [0.15, 0.2) is 58.2 Å². The van der Waals surface area contributed by atoms with Crippen molar-refractivity contribution in [1.82, 2.24) is 14.7 Å². The molecule has 1 saturated heterocycles. The summed E-state index contributed by atoms with van der Waals surface area (Å²) >= 11 is 1.50. The molecule has 1 fully saturated rings. The van der Waals surface area contributed by atoms with E-state index >= 15 is 0 Å². The molecule has 3 aliphatic heterocycles. The van der Waals surface area contributed by atoms with Gasteiger partial charge in [0.1, 0.15) is 6.61 Å². The molecular formula is C26H32N4O3S. The van der Waals surface area contributed by atoms with Crippen LogP contribution >= 0.6 is 11.8 Å². The number of likely N-dealkylation sites (N-methyl/N-ethyl adjacent to an activating group) is 1. The molecule has 0 aromatic heterocycles. The molecule has 3 heterocycles. The van der Waals surface area contributed by atoms with Gasteiger partial charge in [-0.05, 0) is 44.4 Å². The number of rotatable bonds is 6. The van der Waals surface area contributed by atoms with Crippen molar-refractivity contribution in [2.75, 3.05) is 39.8 Å². The number of nitrogens with zero attached hydrogens (tertiary/aromatic N) is 4. The molecule has 1 unspecified atom stereocenters. The monoisotopic (exact) mass is 480 g/mol. The molecule has 34 heavy (non-hydrogen) atoms. The van der Waals surface area contributed by atoms with E-state index in [0.29, 0.717) is 11.3 Å². The Kier molecular flexibility index (Phi) is 7.28. The van der Waals surface area contributed by atoms with Crippen molar-refractivity contribution in [1.29, 1.82) is 0 Å². The Hall–Kier alpha value is -2.84. The van der Waals surface area contributed by atoms with Crippen LogP contribution in [0.4, 0.5) is 0 Å². The summed E-state index contributed by atoms with van der Waals surface area (Å²) in [7, 11) is 2.07. The first-order valence-electron chi connectivity index (χ1n) is 11.6. The Morgan fingerprint density at radius 3 is 2.65 bits per heavy atom. The molecule has 4 rings (SSSR count). The highest BCUT2D eigenvalue weighted by Gasteiger charge is 2.42. The summed E-state index contributed by atoms with van der Waals surface area (Å²) in [5, 5.41) is 2.78. The maximum absolute atomic E-state index is 13.2. The van der Waals surface area contributed by atoms with Gasteiger partial charge in [-0.3, -0.25) is 4.79 Å². The Balaban J connectivity index is 1.70. The van der Waals surface area contributed by atoms with Gasteiger partial charge in [-0.1, -0.05) is 48.2 Å². The summed E-state index contributed by atoms with van der Waals surface area (Å²) in [6.45, 7) is 12.9. The lowest BCUT2D eigenvalue weighted by molar-refractivity contribution is -0.138. The van der Waals surface area contributed by atoms with Crippen LogP contribution < -0.4 is 0 Å². The number of carbonyl (C=O) groups is 2. The minimum Gasteiger partial charge on any atom is -0.458 e. The van der Waals surface area contributed by atoms with Crippen molar-refractivity contribution < 1.29 is 14.3 Å². The average Bonchev–Trinajstić information content (AvgIpc) is 3.20. The smallest absolute Gasteiger partial charge is 0.338 e. The van der Waals surface area contributed by atoms with Gasteiger partial charge in [-0.25, -0.2) is 9.79 Å². The molecule has 1 aromatic rings. The van der Waals surface area contributed by atoms with Crippen molar-refractivity contribution in [2.45, 2.75) is 33.2 Å². The summed E-state index contributed by atoms with van der Waals surface area (Å²) in [6, 6.07) is 5.83. The van der Waals surface area contributed by atoms with Gasteiger partial charge >= 0.3 is 5.97 Å². The summed E-state index contributed by atoms with van der Waals surface area (Å²) in [4.78, 5) is 37.4. The first-order chi connectivity index (χ1) is 16.3. The molecule has 0 aliphatic carbocycles. The van der Waals surface area contributed by atoms with Gasteiger partial charge in [0.25, 0.3) is 0 Å². The third-order valence-electron chi connectivity index (χ3n) is 6.47. The molecule has 180 valence electrons. The molecule has 0 saturated carbocycles. The maximum atomic E-state index is 13.2. The number of carbonyl (C=O) groups excluding carboxylic acids is 2. The number of allylic oxidation sites excluding steroid dienone is 1. The van der Waals surface area contributed by atoms with Gasteiger partial charge in [0, 0.05) is 31.9 Å². The summed E-state index contributed by atoms with van der Waals surface area (Å²) in [6.07, 6.45) is 1.83. The lowest BCUT2D eigenvalue weighted by Gasteiger charge is -2.38. The number of aryl methyl sites for hydroxylation is 2. The van der Waals surface area contributed by atoms with Gasteiger partial charge in [-0.15, -0.1) is 0 Å². The fourth-order valence-corrected chi connectivity index (χ4v) is 5.48. The van der Waals surface area contributed by atoms with Crippen LogP contribution in [0, 0.1) is 13.8 Å². The van der Waals surface area contributed by atoms with E-state index in [1.165, 1.54) is 11.8 Å². The lowest BCUT2D eigenvalue weighted by Crippen LogP contribution is -2.47. The number of benzene rings is 1. The number of piperazine rings is 1. The van der Waals surface area contributed by atoms with E-state index in [0.717, 1.165) is 53.7 Å². The molecular weight excluding hydrogens is 448 g/mol. The molecule has 0 N–H and O–H groups in total. The molecule has 0 bridgehead atoms. The van der Waals surface area contributed by atoms with Crippen molar-refractivity contribution in [3.05, 3.63) is 69.9 Å². The minimum atomic E-state index is -0.411. The predicted octanol–water partition coefficient (Wildman–Crippen LogP) is 3.77. The average molecular weight is 481 g/mol. The zero-order valence-corrected chi connectivity index (χ0v) is 21.2. The Labute approximate surface area is 205 Å². The van der Waals surface area contributed by atoms with Crippen molar-refractivity contribution in [2.24, 2.45) is 4.99 Å². The number of fused-ring (bicyclic) bond motifs is 1. The number of ether oxygens (including phenoxy) is 1. The second-order valence-corrected chi connectivity index (χ2v) is 9.84. The molecule has 0 radical (unpaired) electrons. The first-order valence-corrected chi connectivity index (χ1v) is 12.4. The van der Waals surface area contributed by atoms with E-state index in [9.17, 15) is 9.59 Å². The van der Waals surface area contributed by atoms with Crippen LogP contribution in [0.3, 0.4) is 0 Å². The summed E-state index contributed by atoms with van der Waals surface area (Å²) < 4.78 is 5.48. The Bertz CT molecular complexity index is 1100. The zero-order chi connectivity index (χ0) is 24.4. The van der Waals surface area contributed by atoms with Crippen molar-refractivity contribution in [3.8, 4) is 0 Å². The third kappa shape index (κ3) is 4.83. The van der Waals surface area contributed by atoms with Crippen LogP contribution in [-0.2, 0) is 14.3 Å². The summed E-state index contributed by atoms with van der Waals surface area (Å²) in [5.74, 6) is -0.310. The van der Waals surface area contributed by atoms with E-state index in [1.807, 2.05) is 31.1 Å². The number of amides is 1. The number of hydrogen-bond acceptors (Lipinski definition) is 7. The van der Waals surface area contributed by atoms with Gasteiger partial charge < -0.3 is 19.4 Å².